The van der Waals surface area contributed by atoms with Crippen LogP contribution in [0, 0.1) is 5.92 Å². The first kappa shape index (κ1) is 21.8. The number of aliphatic hydroxyl groups is 1. The van der Waals surface area contributed by atoms with Crippen molar-refractivity contribution in [2.45, 2.75) is 70.3 Å². The molecule has 164 valence electrons. The maximum Gasteiger partial charge on any atom is 0.337 e. The number of hydrogen-bond donors (Lipinski definition) is 1. The monoisotopic (exact) mass is 420 g/mol. The molecule has 0 saturated carbocycles. The average molecular weight is 421 g/mol. The second-order valence-electron chi connectivity index (χ2n) is 10.4. The van der Waals surface area contributed by atoms with Crippen molar-refractivity contribution < 1.29 is 19.4 Å². The number of aryl methyl sites for hydroxylation is 1. The van der Waals surface area contributed by atoms with E-state index in [0.717, 1.165) is 30.4 Å². The number of hydrogen-bond acceptors (Lipinski definition) is 4. The summed E-state index contributed by atoms with van der Waals surface area (Å²) in [6.07, 6.45) is 2.75. The van der Waals surface area contributed by atoms with Crippen LogP contribution in [0.15, 0.2) is 36.4 Å². The van der Waals surface area contributed by atoms with Crippen LogP contribution in [0.25, 0.3) is 0 Å². The van der Waals surface area contributed by atoms with Crippen molar-refractivity contribution in [2.75, 3.05) is 7.11 Å². The van der Waals surface area contributed by atoms with E-state index in [2.05, 4.69) is 39.8 Å². The molecule has 0 amide bonds. The van der Waals surface area contributed by atoms with Gasteiger partial charge in [-0.05, 0) is 77.0 Å². The summed E-state index contributed by atoms with van der Waals surface area (Å²) in [7, 11) is 1.34. The van der Waals surface area contributed by atoms with E-state index < -0.39 is 18.0 Å². The molecule has 2 aliphatic rings. The van der Waals surface area contributed by atoms with Crippen LogP contribution in [-0.4, -0.2) is 24.0 Å². The number of ether oxygens (including phenoxy) is 1. The smallest absolute Gasteiger partial charge is 0.337 e. The Labute approximate surface area is 184 Å². The lowest BCUT2D eigenvalue weighted by Gasteiger charge is -2.43. The first-order chi connectivity index (χ1) is 14.5. The van der Waals surface area contributed by atoms with Gasteiger partial charge in [0, 0.05) is 5.56 Å². The highest BCUT2D eigenvalue weighted by molar-refractivity contribution is 6.01. The van der Waals surface area contributed by atoms with E-state index in [1.54, 1.807) is 24.3 Å². The maximum absolute atomic E-state index is 13.5. The number of Topliss-reactive ketones (excluding diaryl/α,β-unsaturated/α-hetero) is 1. The number of ketones is 1. The summed E-state index contributed by atoms with van der Waals surface area (Å²) < 4.78 is 4.73. The fraction of sp³-hybridized carbons (Fsp3) is 0.481. The Morgan fingerprint density at radius 2 is 1.61 bits per heavy atom. The Hall–Kier alpha value is -2.46. The summed E-state index contributed by atoms with van der Waals surface area (Å²) in [5, 5.41) is 11.0. The second-order valence-corrected chi connectivity index (χ2v) is 10.4. The van der Waals surface area contributed by atoms with E-state index in [-0.39, 0.29) is 16.6 Å². The van der Waals surface area contributed by atoms with Crippen LogP contribution in [0.5, 0.6) is 0 Å². The van der Waals surface area contributed by atoms with Gasteiger partial charge in [0.1, 0.15) is 0 Å². The number of fused-ring (bicyclic) bond motifs is 2. The number of carbonyl (C=O) groups excluding carboxylic acids is 2. The van der Waals surface area contributed by atoms with Gasteiger partial charge in [0.25, 0.3) is 0 Å². The molecule has 0 fully saturated rings. The standard InChI is InChI=1S/C27H32O4/c1-26(2)12-13-27(3,4)22-15-20-18(14-21(22)26)10-11-19(24(20)29)23(28)16-6-8-17(9-7-16)25(30)31-5/h6-9,14-15,19,23,28H,10-13H2,1-5H3. The minimum Gasteiger partial charge on any atom is -0.465 e. The van der Waals surface area contributed by atoms with Crippen LogP contribution in [0.3, 0.4) is 0 Å². The predicted molar refractivity (Wildman–Crippen MR) is 121 cm³/mol. The Balaban J connectivity index is 1.66. The summed E-state index contributed by atoms with van der Waals surface area (Å²) in [6.45, 7) is 9.11. The molecule has 4 heteroatoms. The van der Waals surface area contributed by atoms with E-state index in [0.29, 0.717) is 17.5 Å². The molecule has 0 radical (unpaired) electrons. The molecular weight excluding hydrogens is 388 g/mol. The molecular formula is C27H32O4. The van der Waals surface area contributed by atoms with Crippen LogP contribution in [0.4, 0.5) is 0 Å². The van der Waals surface area contributed by atoms with Gasteiger partial charge in [-0.2, -0.15) is 0 Å². The fourth-order valence-corrected chi connectivity index (χ4v) is 5.20. The number of methoxy groups -OCH3 is 1. The molecule has 0 bridgehead atoms. The van der Waals surface area contributed by atoms with E-state index in [4.69, 9.17) is 4.74 Å². The van der Waals surface area contributed by atoms with E-state index in [9.17, 15) is 14.7 Å². The topological polar surface area (TPSA) is 63.6 Å². The molecule has 2 atom stereocenters. The molecule has 4 rings (SSSR count). The lowest BCUT2D eigenvalue weighted by Crippen LogP contribution is -2.36. The van der Waals surface area contributed by atoms with Gasteiger partial charge in [0.15, 0.2) is 5.78 Å². The SMILES string of the molecule is COC(=O)c1ccc(C(O)C2CCc3cc4c(cc3C2=O)C(C)(C)CCC4(C)C)cc1. The van der Waals surface area contributed by atoms with Gasteiger partial charge in [-0.1, -0.05) is 45.9 Å². The second kappa shape index (κ2) is 7.59. The van der Waals surface area contributed by atoms with Gasteiger partial charge in [-0.3, -0.25) is 4.79 Å². The zero-order valence-corrected chi connectivity index (χ0v) is 19.1. The van der Waals surface area contributed by atoms with Crippen LogP contribution < -0.4 is 0 Å². The van der Waals surface area contributed by atoms with Crippen molar-refractivity contribution in [3.05, 3.63) is 69.8 Å². The Morgan fingerprint density at radius 1 is 1.03 bits per heavy atom. The summed E-state index contributed by atoms with van der Waals surface area (Å²) in [4.78, 5) is 25.1. The molecule has 4 nitrogen and oxygen atoms in total. The number of aliphatic hydroxyl groups excluding tert-OH is 1. The van der Waals surface area contributed by atoms with Gasteiger partial charge in [0.05, 0.1) is 24.7 Å². The summed E-state index contributed by atoms with van der Waals surface area (Å²) in [5.74, 6) is -0.874. The van der Waals surface area contributed by atoms with Crippen molar-refractivity contribution in [1.82, 2.24) is 0 Å². The molecule has 0 spiro atoms. The molecule has 0 heterocycles. The van der Waals surface area contributed by atoms with Crippen LogP contribution in [0.2, 0.25) is 0 Å². The third kappa shape index (κ3) is 3.71. The highest BCUT2D eigenvalue weighted by atomic mass is 16.5. The van der Waals surface area contributed by atoms with E-state index in [1.807, 2.05) is 0 Å². The normalized spacial score (nSPS) is 22.3. The Kier molecular flexibility index (Phi) is 5.33. The van der Waals surface area contributed by atoms with Crippen molar-refractivity contribution in [1.29, 1.82) is 0 Å². The van der Waals surface area contributed by atoms with Gasteiger partial charge < -0.3 is 9.84 Å². The van der Waals surface area contributed by atoms with E-state index in [1.165, 1.54) is 18.2 Å². The largest absolute Gasteiger partial charge is 0.465 e. The van der Waals surface area contributed by atoms with Crippen molar-refractivity contribution in [3.63, 3.8) is 0 Å². The third-order valence-corrected chi connectivity index (χ3v) is 7.46. The first-order valence-electron chi connectivity index (χ1n) is 11.1. The lowest BCUT2D eigenvalue weighted by molar-refractivity contribution is 0.0594. The molecule has 2 aromatic rings. The number of rotatable bonds is 3. The number of esters is 1. The minimum atomic E-state index is -0.896. The zero-order chi connectivity index (χ0) is 22.6. The van der Waals surface area contributed by atoms with Crippen molar-refractivity contribution >= 4 is 11.8 Å². The highest BCUT2D eigenvalue weighted by Crippen LogP contribution is 2.48. The van der Waals surface area contributed by atoms with Crippen LogP contribution in [-0.2, 0) is 22.0 Å². The Bertz CT molecular complexity index is 1030. The lowest BCUT2D eigenvalue weighted by atomic mass is 9.61. The molecule has 0 aliphatic heterocycles. The fourth-order valence-electron chi connectivity index (χ4n) is 5.20. The zero-order valence-electron chi connectivity index (χ0n) is 19.1. The molecule has 0 aromatic heterocycles. The van der Waals surface area contributed by atoms with E-state index >= 15 is 0 Å². The summed E-state index contributed by atoms with van der Waals surface area (Å²) >= 11 is 0. The third-order valence-electron chi connectivity index (χ3n) is 7.46. The Morgan fingerprint density at radius 3 is 2.19 bits per heavy atom. The van der Waals surface area contributed by atoms with Crippen LogP contribution in [0.1, 0.15) is 96.0 Å². The van der Waals surface area contributed by atoms with Crippen LogP contribution >= 0.6 is 0 Å². The molecule has 2 aromatic carbocycles. The summed E-state index contributed by atoms with van der Waals surface area (Å²) in [5.41, 5.74) is 5.74. The van der Waals surface area contributed by atoms with Gasteiger partial charge in [-0.25, -0.2) is 4.79 Å². The molecule has 2 unspecified atom stereocenters. The van der Waals surface area contributed by atoms with Crippen molar-refractivity contribution in [3.8, 4) is 0 Å². The quantitative estimate of drug-likeness (QED) is 0.684. The van der Waals surface area contributed by atoms with Gasteiger partial charge in [0.2, 0.25) is 0 Å². The minimum absolute atomic E-state index is 0.0211. The summed E-state index contributed by atoms with van der Waals surface area (Å²) in [6, 6.07) is 11.1. The van der Waals surface area contributed by atoms with Gasteiger partial charge >= 0.3 is 5.97 Å². The van der Waals surface area contributed by atoms with Gasteiger partial charge in [-0.15, -0.1) is 0 Å². The number of carbonyl (C=O) groups is 2. The molecule has 0 saturated heterocycles. The highest BCUT2D eigenvalue weighted by Gasteiger charge is 2.40. The van der Waals surface area contributed by atoms with Crippen molar-refractivity contribution in [2.24, 2.45) is 5.92 Å². The molecule has 2 aliphatic carbocycles. The first-order valence-corrected chi connectivity index (χ1v) is 11.1. The number of benzene rings is 2. The average Bonchev–Trinajstić information content (AvgIpc) is 2.76. The molecule has 31 heavy (non-hydrogen) atoms. The maximum atomic E-state index is 13.5. The predicted octanol–water partition coefficient (Wildman–Crippen LogP) is 5.30. The molecule has 1 N–H and O–H groups in total.